The molecule has 0 spiro atoms. The van der Waals surface area contributed by atoms with Crippen LogP contribution in [0.5, 0.6) is 0 Å². The molecule has 0 aliphatic rings. The van der Waals surface area contributed by atoms with Gasteiger partial charge in [0.15, 0.2) is 0 Å². The van der Waals surface area contributed by atoms with Crippen LogP contribution in [0.4, 0.5) is 11.4 Å². The molecule has 0 saturated carbocycles. The molecule has 5 nitrogen and oxygen atoms in total. The van der Waals surface area contributed by atoms with Gasteiger partial charge in [0, 0.05) is 12.7 Å². The molecule has 104 valence electrons. The molecular weight excluding hydrogens is 300 g/mol. The van der Waals surface area contributed by atoms with Crippen molar-refractivity contribution in [2.75, 3.05) is 17.7 Å². The molecule has 1 aromatic heterocycles. The van der Waals surface area contributed by atoms with Gasteiger partial charge in [0.1, 0.15) is 0 Å². The number of hydrogen-bond donors (Lipinski definition) is 2. The number of aromatic carboxylic acids is 1. The van der Waals surface area contributed by atoms with Crippen molar-refractivity contribution in [1.82, 2.24) is 0 Å². The van der Waals surface area contributed by atoms with Crippen LogP contribution in [0, 0.1) is 0 Å². The van der Waals surface area contributed by atoms with Gasteiger partial charge < -0.3 is 15.7 Å². The maximum absolute atomic E-state index is 12.3. The first-order chi connectivity index (χ1) is 9.40. The first-order valence-electron chi connectivity index (χ1n) is 5.56. The van der Waals surface area contributed by atoms with E-state index < -0.39 is 5.97 Å². The van der Waals surface area contributed by atoms with Crippen molar-refractivity contribution in [2.45, 2.75) is 0 Å². The van der Waals surface area contributed by atoms with Gasteiger partial charge in [-0.05, 0) is 30.3 Å². The standard InChI is InChI=1S/C13H11ClN2O3S/c1-16(12(17)10-4-5-11(14)20-10)9-3-2-7(15)6-8(9)13(18)19/h2-6H,15H2,1H3,(H,18,19). The molecule has 2 rings (SSSR count). The lowest BCUT2D eigenvalue weighted by Gasteiger charge is -2.19. The lowest BCUT2D eigenvalue weighted by Crippen LogP contribution is -2.27. The lowest BCUT2D eigenvalue weighted by molar-refractivity contribution is 0.0698. The summed E-state index contributed by atoms with van der Waals surface area (Å²) < 4.78 is 0.498. The van der Waals surface area contributed by atoms with Crippen LogP contribution in [0.3, 0.4) is 0 Å². The molecule has 0 atom stereocenters. The van der Waals surface area contributed by atoms with Crippen LogP contribution in [0.2, 0.25) is 4.34 Å². The highest BCUT2D eigenvalue weighted by atomic mass is 35.5. The molecule has 2 aromatic rings. The minimum absolute atomic E-state index is 0.0245. The molecule has 0 unspecified atom stereocenters. The van der Waals surface area contributed by atoms with Gasteiger partial charge in [-0.15, -0.1) is 11.3 Å². The van der Waals surface area contributed by atoms with Crippen LogP contribution in [0.1, 0.15) is 20.0 Å². The summed E-state index contributed by atoms with van der Waals surface area (Å²) in [5.74, 6) is -1.47. The Hall–Kier alpha value is -2.05. The number of rotatable bonds is 3. The number of nitrogens with zero attached hydrogens (tertiary/aromatic N) is 1. The summed E-state index contributed by atoms with van der Waals surface area (Å²) >= 11 is 6.93. The predicted molar refractivity (Wildman–Crippen MR) is 79.9 cm³/mol. The maximum atomic E-state index is 12.3. The summed E-state index contributed by atoms with van der Waals surface area (Å²) in [4.78, 5) is 25.2. The number of nitrogens with two attached hydrogens (primary N) is 1. The third-order valence-corrected chi connectivity index (χ3v) is 3.92. The SMILES string of the molecule is CN(C(=O)c1ccc(Cl)s1)c1ccc(N)cc1C(=O)O. The predicted octanol–water partition coefficient (Wildman–Crippen LogP) is 2.96. The summed E-state index contributed by atoms with van der Waals surface area (Å²) in [6, 6.07) is 7.60. The first kappa shape index (κ1) is 14.4. The van der Waals surface area contributed by atoms with Crippen molar-refractivity contribution in [1.29, 1.82) is 0 Å². The normalized spacial score (nSPS) is 10.3. The van der Waals surface area contributed by atoms with E-state index in [0.717, 1.165) is 11.3 Å². The van der Waals surface area contributed by atoms with Crippen LogP contribution >= 0.6 is 22.9 Å². The summed E-state index contributed by atoms with van der Waals surface area (Å²) in [6.07, 6.45) is 0. The van der Waals surface area contributed by atoms with Crippen LogP contribution in [0.15, 0.2) is 30.3 Å². The van der Waals surface area contributed by atoms with Crippen LogP contribution in [-0.2, 0) is 0 Å². The molecule has 20 heavy (non-hydrogen) atoms. The number of thiophene rings is 1. The van der Waals surface area contributed by atoms with Gasteiger partial charge >= 0.3 is 5.97 Å². The molecule has 0 aliphatic heterocycles. The second kappa shape index (κ2) is 5.52. The van der Waals surface area contributed by atoms with Crippen molar-refractivity contribution in [2.24, 2.45) is 0 Å². The molecule has 7 heteroatoms. The highest BCUT2D eigenvalue weighted by Gasteiger charge is 2.20. The summed E-state index contributed by atoms with van der Waals surface area (Å²) in [5.41, 5.74) is 6.15. The van der Waals surface area contributed by atoms with E-state index in [4.69, 9.17) is 17.3 Å². The van der Waals surface area contributed by atoms with E-state index in [1.165, 1.54) is 24.1 Å². The number of carboxylic acids is 1. The minimum Gasteiger partial charge on any atom is -0.478 e. The summed E-state index contributed by atoms with van der Waals surface area (Å²) in [6.45, 7) is 0. The molecule has 1 aromatic carbocycles. The third-order valence-electron chi connectivity index (χ3n) is 2.70. The van der Waals surface area contributed by atoms with Crippen LogP contribution < -0.4 is 10.6 Å². The largest absolute Gasteiger partial charge is 0.478 e. The zero-order valence-corrected chi connectivity index (χ0v) is 12.0. The number of carbonyl (C=O) groups excluding carboxylic acids is 1. The molecule has 0 aliphatic carbocycles. The number of amides is 1. The van der Waals surface area contributed by atoms with E-state index in [2.05, 4.69) is 0 Å². The van der Waals surface area contributed by atoms with Crippen molar-refractivity contribution >= 4 is 46.2 Å². The highest BCUT2D eigenvalue weighted by molar-refractivity contribution is 7.18. The first-order valence-corrected chi connectivity index (χ1v) is 6.76. The van der Waals surface area contributed by atoms with Crippen molar-refractivity contribution in [3.63, 3.8) is 0 Å². The molecular formula is C13H11ClN2O3S. The fraction of sp³-hybridized carbons (Fsp3) is 0.0769. The summed E-state index contributed by atoms with van der Waals surface area (Å²) in [7, 11) is 1.51. The fourth-order valence-electron chi connectivity index (χ4n) is 1.72. The quantitative estimate of drug-likeness (QED) is 0.854. The van der Waals surface area contributed by atoms with Gasteiger partial charge in [-0.25, -0.2) is 4.79 Å². The average molecular weight is 311 g/mol. The monoisotopic (exact) mass is 310 g/mol. The van der Waals surface area contributed by atoms with E-state index in [-0.39, 0.29) is 17.2 Å². The number of halogens is 1. The number of nitrogen functional groups attached to an aromatic ring is 1. The van der Waals surface area contributed by atoms with Gasteiger partial charge in [0.2, 0.25) is 0 Å². The number of carbonyl (C=O) groups is 2. The van der Waals surface area contributed by atoms with Crippen LogP contribution in [0.25, 0.3) is 0 Å². The van der Waals surface area contributed by atoms with E-state index in [9.17, 15) is 14.7 Å². The molecule has 0 radical (unpaired) electrons. The maximum Gasteiger partial charge on any atom is 0.337 e. The van der Waals surface area contributed by atoms with Crippen molar-refractivity contribution < 1.29 is 14.7 Å². The summed E-state index contributed by atoms with van der Waals surface area (Å²) in [5, 5.41) is 9.18. The van der Waals surface area contributed by atoms with Gasteiger partial charge in [-0.2, -0.15) is 0 Å². The number of benzene rings is 1. The Morgan fingerprint density at radius 3 is 2.55 bits per heavy atom. The Kier molecular flexibility index (Phi) is 3.96. The molecule has 3 N–H and O–H groups in total. The van der Waals surface area contributed by atoms with Gasteiger partial charge in [0.05, 0.1) is 20.5 Å². The Morgan fingerprint density at radius 2 is 2.00 bits per heavy atom. The second-order valence-electron chi connectivity index (χ2n) is 4.05. The molecule has 1 heterocycles. The lowest BCUT2D eigenvalue weighted by atomic mass is 10.1. The molecule has 0 saturated heterocycles. The molecule has 0 fully saturated rings. The Labute approximate surface area is 124 Å². The number of hydrogen-bond acceptors (Lipinski definition) is 4. The van der Waals surface area contributed by atoms with Crippen molar-refractivity contribution in [3.8, 4) is 0 Å². The second-order valence-corrected chi connectivity index (χ2v) is 5.76. The Bertz CT molecular complexity index is 684. The van der Waals surface area contributed by atoms with E-state index >= 15 is 0 Å². The smallest absolute Gasteiger partial charge is 0.337 e. The topological polar surface area (TPSA) is 83.6 Å². The molecule has 1 amide bonds. The Balaban J connectivity index is 2.40. The minimum atomic E-state index is -1.14. The average Bonchev–Trinajstić information content (AvgIpc) is 2.83. The fourth-order valence-corrected chi connectivity index (χ4v) is 2.74. The number of anilines is 2. The molecule has 0 bridgehead atoms. The zero-order chi connectivity index (χ0) is 14.9. The third kappa shape index (κ3) is 2.76. The zero-order valence-electron chi connectivity index (χ0n) is 10.5. The van der Waals surface area contributed by atoms with Gasteiger partial charge in [0.25, 0.3) is 5.91 Å². The Morgan fingerprint density at radius 1 is 1.30 bits per heavy atom. The number of carboxylic acid groups (broad SMARTS) is 1. The van der Waals surface area contributed by atoms with Crippen LogP contribution in [-0.4, -0.2) is 24.0 Å². The highest BCUT2D eigenvalue weighted by Crippen LogP contribution is 2.27. The van der Waals surface area contributed by atoms with E-state index in [1.807, 2.05) is 0 Å². The van der Waals surface area contributed by atoms with Gasteiger partial charge in [-0.1, -0.05) is 11.6 Å². The van der Waals surface area contributed by atoms with Crippen molar-refractivity contribution in [3.05, 3.63) is 45.1 Å². The van der Waals surface area contributed by atoms with E-state index in [0.29, 0.717) is 14.9 Å². The van der Waals surface area contributed by atoms with Gasteiger partial charge in [-0.3, -0.25) is 4.79 Å². The van der Waals surface area contributed by atoms with E-state index in [1.54, 1.807) is 18.2 Å².